The van der Waals surface area contributed by atoms with E-state index in [9.17, 15) is 19.7 Å². The number of anilines is 1. The van der Waals surface area contributed by atoms with E-state index in [0.29, 0.717) is 36.8 Å². The number of hydrogen-bond donors (Lipinski definition) is 1. The van der Waals surface area contributed by atoms with Crippen molar-refractivity contribution in [2.24, 2.45) is 0 Å². The number of nitrogens with one attached hydrogen (secondary N) is 1. The summed E-state index contributed by atoms with van der Waals surface area (Å²) in [5.41, 5.74) is 2.13. The molecule has 0 saturated carbocycles. The predicted octanol–water partition coefficient (Wildman–Crippen LogP) is 4.46. The summed E-state index contributed by atoms with van der Waals surface area (Å²) in [6.45, 7) is 2.28. The molecule has 0 aromatic heterocycles. The highest BCUT2D eigenvalue weighted by atomic mass is 35.5. The zero-order valence-electron chi connectivity index (χ0n) is 19.0. The fraction of sp³-hybridized carbons (Fsp3) is 0.231. The molecule has 1 atom stereocenters. The number of nitro benzene ring substituents is 1. The van der Waals surface area contributed by atoms with Gasteiger partial charge in [0.15, 0.2) is 0 Å². The number of amides is 2. The molecule has 3 aromatic carbocycles. The van der Waals surface area contributed by atoms with Gasteiger partial charge in [-0.3, -0.25) is 19.7 Å². The molecule has 1 aliphatic rings. The Bertz CT molecular complexity index is 1200. The Hall–Kier alpha value is -3.91. The standard InChI is InChI=1S/C26H25ClN4O4/c27-23-9-5-4-8-22(23)26(33)28-24(19-6-2-1-3-7-19)18-25(32)30-16-14-29(15-17-30)20-10-12-21(13-11-20)31(34)35/h1-13,24H,14-18H2,(H,28,33)/t24-/m1/s1. The first-order valence-electron chi connectivity index (χ1n) is 11.3. The maximum absolute atomic E-state index is 13.2. The van der Waals surface area contributed by atoms with E-state index in [-0.39, 0.29) is 23.9 Å². The van der Waals surface area contributed by atoms with Crippen molar-refractivity contribution < 1.29 is 14.5 Å². The molecule has 1 saturated heterocycles. The van der Waals surface area contributed by atoms with Gasteiger partial charge in [0.1, 0.15) is 0 Å². The van der Waals surface area contributed by atoms with E-state index in [4.69, 9.17) is 11.6 Å². The Morgan fingerprint density at radius 2 is 1.54 bits per heavy atom. The summed E-state index contributed by atoms with van der Waals surface area (Å²) in [5.74, 6) is -0.387. The van der Waals surface area contributed by atoms with Crippen LogP contribution in [0, 0.1) is 10.1 Å². The molecule has 180 valence electrons. The molecule has 0 aliphatic carbocycles. The number of benzene rings is 3. The summed E-state index contributed by atoms with van der Waals surface area (Å²) in [4.78, 5) is 40.4. The van der Waals surface area contributed by atoms with Crippen molar-refractivity contribution >= 4 is 34.8 Å². The van der Waals surface area contributed by atoms with E-state index in [0.717, 1.165) is 11.3 Å². The number of rotatable bonds is 7. The second-order valence-corrected chi connectivity index (χ2v) is 8.67. The van der Waals surface area contributed by atoms with Gasteiger partial charge in [0, 0.05) is 44.0 Å². The Kier molecular flexibility index (Phi) is 7.62. The summed E-state index contributed by atoms with van der Waals surface area (Å²) in [6.07, 6.45) is 0.123. The van der Waals surface area contributed by atoms with Gasteiger partial charge in [-0.25, -0.2) is 0 Å². The minimum atomic E-state index is -0.500. The number of carbonyl (C=O) groups excluding carboxylic acids is 2. The first-order valence-corrected chi connectivity index (χ1v) is 11.7. The smallest absolute Gasteiger partial charge is 0.269 e. The summed E-state index contributed by atoms with van der Waals surface area (Å²) in [5, 5.41) is 14.2. The fourth-order valence-electron chi connectivity index (χ4n) is 4.12. The molecule has 2 amide bonds. The molecule has 3 aromatic rings. The number of carbonyl (C=O) groups is 2. The second-order valence-electron chi connectivity index (χ2n) is 8.26. The second kappa shape index (κ2) is 11.0. The van der Waals surface area contributed by atoms with Crippen LogP contribution in [0.1, 0.15) is 28.4 Å². The van der Waals surface area contributed by atoms with Gasteiger partial charge < -0.3 is 15.1 Å². The van der Waals surface area contributed by atoms with Gasteiger partial charge in [-0.1, -0.05) is 54.1 Å². The van der Waals surface area contributed by atoms with Gasteiger partial charge in [0.25, 0.3) is 11.6 Å². The Morgan fingerprint density at radius 1 is 0.914 bits per heavy atom. The molecular weight excluding hydrogens is 468 g/mol. The van der Waals surface area contributed by atoms with Crippen LogP contribution in [0.2, 0.25) is 5.02 Å². The molecular formula is C26H25ClN4O4. The van der Waals surface area contributed by atoms with Crippen LogP contribution >= 0.6 is 11.6 Å². The molecule has 1 heterocycles. The molecule has 1 fully saturated rings. The highest BCUT2D eigenvalue weighted by Crippen LogP contribution is 2.23. The predicted molar refractivity (Wildman–Crippen MR) is 135 cm³/mol. The lowest BCUT2D eigenvalue weighted by atomic mass is 10.0. The molecule has 4 rings (SSSR count). The summed E-state index contributed by atoms with van der Waals surface area (Å²) in [6, 6.07) is 22.1. The third-order valence-electron chi connectivity index (χ3n) is 6.06. The highest BCUT2D eigenvalue weighted by Gasteiger charge is 2.26. The average molecular weight is 493 g/mol. The lowest BCUT2D eigenvalue weighted by Crippen LogP contribution is -2.49. The largest absolute Gasteiger partial charge is 0.368 e. The topological polar surface area (TPSA) is 95.8 Å². The molecule has 1 N–H and O–H groups in total. The highest BCUT2D eigenvalue weighted by molar-refractivity contribution is 6.33. The van der Waals surface area contributed by atoms with Crippen LogP contribution in [0.25, 0.3) is 0 Å². The molecule has 1 aliphatic heterocycles. The van der Waals surface area contributed by atoms with Gasteiger partial charge in [-0.2, -0.15) is 0 Å². The number of nitro groups is 1. The fourth-order valence-corrected chi connectivity index (χ4v) is 4.34. The summed E-state index contributed by atoms with van der Waals surface area (Å²) in [7, 11) is 0. The van der Waals surface area contributed by atoms with E-state index in [2.05, 4.69) is 10.2 Å². The first kappa shape index (κ1) is 24.2. The molecule has 0 bridgehead atoms. The van der Waals surface area contributed by atoms with E-state index in [1.807, 2.05) is 30.3 Å². The Morgan fingerprint density at radius 3 is 2.17 bits per heavy atom. The van der Waals surface area contributed by atoms with E-state index in [1.165, 1.54) is 12.1 Å². The number of non-ortho nitro benzene ring substituents is 1. The van der Waals surface area contributed by atoms with Crippen LogP contribution in [-0.2, 0) is 4.79 Å². The number of hydrogen-bond acceptors (Lipinski definition) is 5. The third kappa shape index (κ3) is 5.96. The van der Waals surface area contributed by atoms with Crippen molar-refractivity contribution in [2.75, 3.05) is 31.1 Å². The maximum Gasteiger partial charge on any atom is 0.269 e. The zero-order valence-corrected chi connectivity index (χ0v) is 19.7. The van der Waals surface area contributed by atoms with Crippen molar-refractivity contribution in [1.29, 1.82) is 0 Å². The first-order chi connectivity index (χ1) is 16.9. The summed E-state index contributed by atoms with van der Waals surface area (Å²) >= 11 is 6.19. The number of halogens is 1. The molecule has 0 spiro atoms. The van der Waals surface area contributed by atoms with Gasteiger partial charge in [0.2, 0.25) is 5.91 Å². The van der Waals surface area contributed by atoms with Crippen molar-refractivity contribution in [3.05, 3.63) is 105 Å². The quantitative estimate of drug-likeness (QED) is 0.388. The lowest BCUT2D eigenvalue weighted by molar-refractivity contribution is -0.384. The van der Waals surface area contributed by atoms with Crippen LogP contribution in [0.3, 0.4) is 0 Å². The van der Waals surface area contributed by atoms with E-state index >= 15 is 0 Å². The molecule has 0 unspecified atom stereocenters. The minimum Gasteiger partial charge on any atom is -0.368 e. The Labute approximate surface area is 208 Å². The maximum atomic E-state index is 13.2. The zero-order chi connectivity index (χ0) is 24.8. The van der Waals surface area contributed by atoms with Crippen molar-refractivity contribution in [3.8, 4) is 0 Å². The van der Waals surface area contributed by atoms with Crippen LogP contribution in [0.5, 0.6) is 0 Å². The molecule has 35 heavy (non-hydrogen) atoms. The van der Waals surface area contributed by atoms with Gasteiger partial charge in [0.05, 0.1) is 28.0 Å². The van der Waals surface area contributed by atoms with Crippen molar-refractivity contribution in [1.82, 2.24) is 10.2 Å². The van der Waals surface area contributed by atoms with Crippen molar-refractivity contribution in [2.45, 2.75) is 12.5 Å². The SMILES string of the molecule is O=C(N[C@H](CC(=O)N1CCN(c2ccc([N+](=O)[O-])cc2)CC1)c1ccccc1)c1ccccc1Cl. The lowest BCUT2D eigenvalue weighted by Gasteiger charge is -2.36. The van der Waals surface area contributed by atoms with Crippen LogP contribution in [0.15, 0.2) is 78.9 Å². The third-order valence-corrected chi connectivity index (χ3v) is 6.39. The van der Waals surface area contributed by atoms with E-state index in [1.54, 1.807) is 41.3 Å². The van der Waals surface area contributed by atoms with Crippen molar-refractivity contribution in [3.63, 3.8) is 0 Å². The number of nitrogens with zero attached hydrogens (tertiary/aromatic N) is 3. The molecule has 9 heteroatoms. The Balaban J connectivity index is 1.40. The average Bonchev–Trinajstić information content (AvgIpc) is 2.89. The van der Waals surface area contributed by atoms with Crippen LogP contribution in [-0.4, -0.2) is 47.8 Å². The number of piperazine rings is 1. The molecule has 8 nitrogen and oxygen atoms in total. The summed E-state index contributed by atoms with van der Waals surface area (Å²) < 4.78 is 0. The van der Waals surface area contributed by atoms with Gasteiger partial charge >= 0.3 is 0 Å². The van der Waals surface area contributed by atoms with Crippen LogP contribution < -0.4 is 10.2 Å². The van der Waals surface area contributed by atoms with Gasteiger partial charge in [-0.15, -0.1) is 0 Å². The van der Waals surface area contributed by atoms with E-state index < -0.39 is 11.0 Å². The molecule has 0 radical (unpaired) electrons. The normalized spacial score (nSPS) is 14.3. The monoisotopic (exact) mass is 492 g/mol. The van der Waals surface area contributed by atoms with Gasteiger partial charge in [-0.05, 0) is 29.8 Å². The van der Waals surface area contributed by atoms with Crippen LogP contribution in [0.4, 0.5) is 11.4 Å². The minimum absolute atomic E-state index is 0.0494.